The number of amides is 1. The highest BCUT2D eigenvalue weighted by Crippen LogP contribution is 2.18. The summed E-state index contributed by atoms with van der Waals surface area (Å²) in [7, 11) is 1.21. The van der Waals surface area contributed by atoms with E-state index in [9.17, 15) is 9.18 Å². The summed E-state index contributed by atoms with van der Waals surface area (Å²) in [6, 6.07) is 3.67. The second-order valence-electron chi connectivity index (χ2n) is 2.42. The molecule has 14 heavy (non-hydrogen) atoms. The first-order valence-electron chi connectivity index (χ1n) is 3.72. The number of hydrogen-bond acceptors (Lipinski definition) is 4. The molecule has 0 fully saturated rings. The van der Waals surface area contributed by atoms with Gasteiger partial charge in [-0.1, -0.05) is 0 Å². The topological polar surface area (TPSA) is 70.6 Å². The maximum atomic E-state index is 12.8. The molecule has 0 aliphatic heterocycles. The van der Waals surface area contributed by atoms with Crippen molar-refractivity contribution < 1.29 is 19.1 Å². The van der Waals surface area contributed by atoms with E-state index >= 15 is 0 Å². The molecule has 0 saturated carbocycles. The Balaban J connectivity index is 2.84. The van der Waals surface area contributed by atoms with Crippen LogP contribution in [0.4, 0.5) is 20.6 Å². The first-order valence-corrected chi connectivity index (χ1v) is 3.72. The normalized spacial score (nSPS) is 9.36. The predicted molar refractivity (Wildman–Crippen MR) is 47.8 cm³/mol. The smallest absolute Gasteiger partial charge is 0.411 e. The summed E-state index contributed by atoms with van der Waals surface area (Å²) < 4.78 is 17.2. The molecule has 1 amide bonds. The van der Waals surface area contributed by atoms with Crippen LogP contribution in [0.25, 0.3) is 0 Å². The van der Waals surface area contributed by atoms with Gasteiger partial charge < -0.3 is 4.74 Å². The molecule has 1 aromatic carbocycles. The van der Waals surface area contributed by atoms with Crippen LogP contribution in [0.15, 0.2) is 18.2 Å². The quantitative estimate of drug-likeness (QED) is 0.636. The van der Waals surface area contributed by atoms with Gasteiger partial charge in [0.2, 0.25) is 0 Å². The molecule has 0 unspecified atom stereocenters. The van der Waals surface area contributed by atoms with Gasteiger partial charge in [0.05, 0.1) is 12.8 Å². The Bertz CT molecular complexity index is 343. The maximum absolute atomic E-state index is 12.8. The van der Waals surface area contributed by atoms with Gasteiger partial charge in [-0.2, -0.15) is 0 Å². The zero-order chi connectivity index (χ0) is 10.6. The number of methoxy groups -OCH3 is 1. The van der Waals surface area contributed by atoms with E-state index in [1.54, 1.807) is 5.48 Å². The third kappa shape index (κ3) is 2.33. The van der Waals surface area contributed by atoms with Crippen LogP contribution in [0.1, 0.15) is 0 Å². The number of benzene rings is 1. The molecule has 0 radical (unpaired) electrons. The predicted octanol–water partition coefficient (Wildman–Crippen LogP) is 1.81. The molecule has 0 spiro atoms. The number of carbonyl (C=O) groups excluding carboxylic acids is 1. The second kappa shape index (κ2) is 4.43. The van der Waals surface area contributed by atoms with Crippen molar-refractivity contribution in [2.75, 3.05) is 17.9 Å². The van der Waals surface area contributed by atoms with E-state index in [0.717, 1.165) is 6.07 Å². The lowest BCUT2D eigenvalue weighted by atomic mass is 10.2. The van der Waals surface area contributed by atoms with Crippen molar-refractivity contribution in [3.05, 3.63) is 24.0 Å². The van der Waals surface area contributed by atoms with Crippen molar-refractivity contribution in [1.29, 1.82) is 0 Å². The number of ether oxygens (including phenoxy) is 1. The largest absolute Gasteiger partial charge is 0.453 e. The Labute approximate surface area is 79.4 Å². The van der Waals surface area contributed by atoms with Gasteiger partial charge >= 0.3 is 6.09 Å². The highest BCUT2D eigenvalue weighted by atomic mass is 19.1. The van der Waals surface area contributed by atoms with Gasteiger partial charge in [-0.3, -0.25) is 16.0 Å². The van der Waals surface area contributed by atoms with Gasteiger partial charge in [0, 0.05) is 5.69 Å². The average Bonchev–Trinajstić information content (AvgIpc) is 2.20. The van der Waals surface area contributed by atoms with Crippen LogP contribution in [0.2, 0.25) is 0 Å². The molecule has 0 aliphatic carbocycles. The SMILES string of the molecule is COC(=O)Nc1ccc(F)c(NO)c1. The molecule has 5 nitrogen and oxygen atoms in total. The average molecular weight is 200 g/mol. The lowest BCUT2D eigenvalue weighted by Gasteiger charge is -2.06. The van der Waals surface area contributed by atoms with E-state index < -0.39 is 11.9 Å². The number of nitrogens with one attached hydrogen (secondary N) is 2. The molecule has 1 rings (SSSR count). The number of halogens is 1. The molecule has 1 aromatic rings. The Morgan fingerprint density at radius 2 is 2.29 bits per heavy atom. The van der Waals surface area contributed by atoms with Gasteiger partial charge in [0.1, 0.15) is 5.82 Å². The fourth-order valence-corrected chi connectivity index (χ4v) is 0.858. The summed E-state index contributed by atoms with van der Waals surface area (Å²) in [6.07, 6.45) is -0.666. The molecule has 0 bridgehead atoms. The van der Waals surface area contributed by atoms with Crippen LogP contribution >= 0.6 is 0 Å². The lowest BCUT2D eigenvalue weighted by molar-refractivity contribution is 0.187. The zero-order valence-electron chi connectivity index (χ0n) is 7.37. The van der Waals surface area contributed by atoms with Crippen molar-refractivity contribution >= 4 is 17.5 Å². The van der Waals surface area contributed by atoms with Crippen LogP contribution < -0.4 is 10.8 Å². The standard InChI is InChI=1S/C8H9FN2O3/c1-14-8(12)10-5-2-3-6(9)7(4-5)11-13/h2-4,11,13H,1H3,(H,10,12). The Hall–Kier alpha value is -1.82. The summed E-state index contributed by atoms with van der Waals surface area (Å²) in [6.45, 7) is 0. The molecular formula is C8H9FN2O3. The monoisotopic (exact) mass is 200 g/mol. The van der Waals surface area contributed by atoms with Crippen molar-refractivity contribution in [3.63, 3.8) is 0 Å². The fraction of sp³-hybridized carbons (Fsp3) is 0.125. The molecule has 6 heteroatoms. The van der Waals surface area contributed by atoms with Crippen LogP contribution in [0.5, 0.6) is 0 Å². The van der Waals surface area contributed by atoms with Crippen molar-refractivity contribution in [2.45, 2.75) is 0 Å². The van der Waals surface area contributed by atoms with Crippen LogP contribution in [-0.2, 0) is 4.74 Å². The van der Waals surface area contributed by atoms with Gasteiger partial charge in [0.25, 0.3) is 0 Å². The molecule has 0 aliphatic rings. The number of carbonyl (C=O) groups is 1. The molecule has 3 N–H and O–H groups in total. The van der Waals surface area contributed by atoms with Gasteiger partial charge in [-0.15, -0.1) is 0 Å². The van der Waals surface area contributed by atoms with Crippen LogP contribution in [0.3, 0.4) is 0 Å². The summed E-state index contributed by atoms with van der Waals surface area (Å²) in [5, 5.41) is 10.8. The molecule has 0 atom stereocenters. The van der Waals surface area contributed by atoms with Gasteiger partial charge in [0.15, 0.2) is 0 Å². The second-order valence-corrected chi connectivity index (χ2v) is 2.42. The summed E-state index contributed by atoms with van der Waals surface area (Å²) in [5.74, 6) is -0.622. The van der Waals surface area contributed by atoms with Crippen molar-refractivity contribution in [3.8, 4) is 0 Å². The fourth-order valence-electron chi connectivity index (χ4n) is 0.858. The van der Waals surface area contributed by atoms with E-state index in [2.05, 4.69) is 10.1 Å². The molecule has 0 aromatic heterocycles. The third-order valence-corrected chi connectivity index (χ3v) is 1.52. The molecule has 76 valence electrons. The minimum atomic E-state index is -0.666. The third-order valence-electron chi connectivity index (χ3n) is 1.52. The van der Waals surface area contributed by atoms with Crippen LogP contribution in [0, 0.1) is 5.82 Å². The summed E-state index contributed by atoms with van der Waals surface area (Å²) in [4.78, 5) is 10.8. The van der Waals surface area contributed by atoms with E-state index in [1.165, 1.54) is 19.2 Å². The van der Waals surface area contributed by atoms with Gasteiger partial charge in [-0.05, 0) is 18.2 Å². The summed E-state index contributed by atoms with van der Waals surface area (Å²) >= 11 is 0. The first-order chi connectivity index (χ1) is 6.67. The van der Waals surface area contributed by atoms with E-state index in [1.807, 2.05) is 0 Å². The first kappa shape index (κ1) is 10.3. The van der Waals surface area contributed by atoms with Crippen molar-refractivity contribution in [2.24, 2.45) is 0 Å². The zero-order valence-corrected chi connectivity index (χ0v) is 7.37. The number of anilines is 2. The van der Waals surface area contributed by atoms with Gasteiger partial charge in [-0.25, -0.2) is 9.18 Å². The molecule has 0 heterocycles. The number of rotatable bonds is 2. The Kier molecular flexibility index (Phi) is 3.24. The Morgan fingerprint density at radius 3 is 2.86 bits per heavy atom. The maximum Gasteiger partial charge on any atom is 0.411 e. The molecular weight excluding hydrogens is 191 g/mol. The lowest BCUT2D eigenvalue weighted by Crippen LogP contribution is -2.11. The van der Waals surface area contributed by atoms with Crippen molar-refractivity contribution in [1.82, 2.24) is 0 Å². The van der Waals surface area contributed by atoms with E-state index in [-0.39, 0.29) is 5.69 Å². The Morgan fingerprint density at radius 1 is 1.57 bits per heavy atom. The minimum Gasteiger partial charge on any atom is -0.453 e. The minimum absolute atomic E-state index is 0.126. The van der Waals surface area contributed by atoms with Crippen LogP contribution in [-0.4, -0.2) is 18.4 Å². The number of hydrogen-bond donors (Lipinski definition) is 3. The van der Waals surface area contributed by atoms with E-state index in [0.29, 0.717) is 5.69 Å². The highest BCUT2D eigenvalue weighted by molar-refractivity contribution is 5.85. The van der Waals surface area contributed by atoms with E-state index in [4.69, 9.17) is 5.21 Å². The highest BCUT2D eigenvalue weighted by Gasteiger charge is 2.04. The molecule has 0 saturated heterocycles. The summed E-state index contributed by atoms with van der Waals surface area (Å²) in [5.41, 5.74) is 1.85.